The van der Waals surface area contributed by atoms with Gasteiger partial charge < -0.3 is 14.8 Å². The molecule has 0 aromatic heterocycles. The highest BCUT2D eigenvalue weighted by molar-refractivity contribution is 5.83. The summed E-state index contributed by atoms with van der Waals surface area (Å²) in [6.45, 7) is 1.93. The van der Waals surface area contributed by atoms with Gasteiger partial charge in [-0.15, -0.1) is 0 Å². The molecule has 1 amide bonds. The van der Waals surface area contributed by atoms with E-state index in [0.29, 0.717) is 11.5 Å². The van der Waals surface area contributed by atoms with Crippen molar-refractivity contribution in [3.05, 3.63) is 59.4 Å². The van der Waals surface area contributed by atoms with E-state index in [1.54, 1.807) is 32.4 Å². The van der Waals surface area contributed by atoms with E-state index in [4.69, 9.17) is 9.47 Å². The first kappa shape index (κ1) is 17.3. The Morgan fingerprint density at radius 1 is 1.16 bits per heavy atom. The van der Waals surface area contributed by atoms with Crippen LogP contribution in [-0.2, 0) is 4.79 Å². The number of methoxy groups -OCH3 is 2. The number of rotatable bonds is 6. The molecule has 0 bridgehead atoms. The van der Waals surface area contributed by atoms with Crippen molar-refractivity contribution in [2.24, 2.45) is 5.92 Å². The van der Waals surface area contributed by atoms with Gasteiger partial charge in [-0.1, -0.05) is 12.1 Å². The topological polar surface area (TPSA) is 47.6 Å². The molecule has 1 aliphatic rings. The van der Waals surface area contributed by atoms with Crippen LogP contribution in [0.1, 0.15) is 36.4 Å². The number of carbonyl (C=O) groups excluding carboxylic acids is 1. The van der Waals surface area contributed by atoms with Crippen LogP contribution in [0.2, 0.25) is 0 Å². The van der Waals surface area contributed by atoms with Gasteiger partial charge in [0.1, 0.15) is 17.3 Å². The van der Waals surface area contributed by atoms with Gasteiger partial charge in [0.2, 0.25) is 5.91 Å². The molecule has 5 heteroatoms. The predicted molar refractivity (Wildman–Crippen MR) is 93.4 cm³/mol. The predicted octanol–water partition coefficient (Wildman–Crippen LogP) is 3.82. The Labute approximate surface area is 147 Å². The third kappa shape index (κ3) is 3.76. The van der Waals surface area contributed by atoms with Gasteiger partial charge in [0, 0.05) is 17.5 Å². The van der Waals surface area contributed by atoms with Crippen LogP contribution in [0.25, 0.3) is 0 Å². The molecule has 3 unspecified atom stereocenters. The second-order valence-electron chi connectivity index (χ2n) is 6.34. The first-order valence-electron chi connectivity index (χ1n) is 8.31. The minimum absolute atomic E-state index is 0.0136. The van der Waals surface area contributed by atoms with Crippen molar-refractivity contribution in [1.82, 2.24) is 5.32 Å². The highest BCUT2D eigenvalue weighted by Gasteiger charge is 2.44. The van der Waals surface area contributed by atoms with Crippen LogP contribution in [0.3, 0.4) is 0 Å². The zero-order chi connectivity index (χ0) is 18.0. The quantitative estimate of drug-likeness (QED) is 0.867. The number of ether oxygens (including phenoxy) is 2. The third-order valence-corrected chi connectivity index (χ3v) is 4.69. The molecule has 0 aliphatic heterocycles. The molecule has 4 nitrogen and oxygen atoms in total. The molecule has 1 aliphatic carbocycles. The maximum absolute atomic E-state index is 13.0. The molecule has 1 fully saturated rings. The maximum atomic E-state index is 13.0. The normalized spacial score (nSPS) is 19.8. The van der Waals surface area contributed by atoms with Crippen molar-refractivity contribution in [2.45, 2.75) is 25.3 Å². The van der Waals surface area contributed by atoms with Crippen molar-refractivity contribution in [2.75, 3.05) is 14.2 Å². The average molecular weight is 343 g/mol. The van der Waals surface area contributed by atoms with E-state index < -0.39 is 0 Å². The fourth-order valence-corrected chi connectivity index (χ4v) is 3.14. The number of carbonyl (C=O) groups is 1. The summed E-state index contributed by atoms with van der Waals surface area (Å²) in [5.41, 5.74) is 1.91. The van der Waals surface area contributed by atoms with Gasteiger partial charge in [0.05, 0.1) is 20.3 Å². The zero-order valence-electron chi connectivity index (χ0n) is 14.6. The summed E-state index contributed by atoms with van der Waals surface area (Å²) in [7, 11) is 3.20. The standard InChI is InChI=1S/C20H22FNO3/c1-12(16-9-8-15(24-2)10-19(16)25-3)22-20(23)18-11-17(18)13-4-6-14(21)7-5-13/h4-10,12,17-18H,11H2,1-3H3,(H,22,23). The molecule has 132 valence electrons. The van der Waals surface area contributed by atoms with Crippen LogP contribution < -0.4 is 14.8 Å². The third-order valence-electron chi connectivity index (χ3n) is 4.69. The number of hydrogen-bond donors (Lipinski definition) is 1. The van der Waals surface area contributed by atoms with E-state index in [-0.39, 0.29) is 29.6 Å². The summed E-state index contributed by atoms with van der Waals surface area (Å²) in [5.74, 6) is 1.25. The van der Waals surface area contributed by atoms with E-state index in [2.05, 4.69) is 5.32 Å². The van der Waals surface area contributed by atoms with Crippen molar-refractivity contribution in [3.8, 4) is 11.5 Å². The van der Waals surface area contributed by atoms with Crippen LogP contribution in [0.5, 0.6) is 11.5 Å². The van der Waals surface area contributed by atoms with Gasteiger partial charge in [-0.3, -0.25) is 4.79 Å². The Balaban J connectivity index is 1.65. The first-order valence-corrected chi connectivity index (χ1v) is 8.31. The molecule has 3 rings (SSSR count). The summed E-state index contributed by atoms with van der Waals surface area (Å²) >= 11 is 0. The van der Waals surface area contributed by atoms with Gasteiger partial charge in [-0.2, -0.15) is 0 Å². The zero-order valence-corrected chi connectivity index (χ0v) is 14.6. The number of nitrogens with one attached hydrogen (secondary N) is 1. The second-order valence-corrected chi connectivity index (χ2v) is 6.34. The van der Waals surface area contributed by atoms with Gasteiger partial charge >= 0.3 is 0 Å². The first-order chi connectivity index (χ1) is 12.0. The summed E-state index contributed by atoms with van der Waals surface area (Å²) < 4.78 is 23.6. The van der Waals surface area contributed by atoms with Crippen LogP contribution >= 0.6 is 0 Å². The van der Waals surface area contributed by atoms with Crippen molar-refractivity contribution < 1.29 is 18.7 Å². The highest BCUT2D eigenvalue weighted by atomic mass is 19.1. The minimum atomic E-state index is -0.259. The van der Waals surface area contributed by atoms with Gasteiger partial charge in [-0.05, 0) is 49.1 Å². The summed E-state index contributed by atoms with van der Waals surface area (Å²) in [5, 5.41) is 3.05. The second kappa shape index (κ2) is 7.13. The number of benzene rings is 2. The fraction of sp³-hybridized carbons (Fsp3) is 0.350. The van der Waals surface area contributed by atoms with Gasteiger partial charge in [0.25, 0.3) is 0 Å². The molecule has 2 aromatic carbocycles. The number of halogens is 1. The molecule has 25 heavy (non-hydrogen) atoms. The van der Waals surface area contributed by atoms with E-state index in [0.717, 1.165) is 17.5 Å². The molecule has 3 atom stereocenters. The number of amides is 1. The monoisotopic (exact) mass is 343 g/mol. The smallest absolute Gasteiger partial charge is 0.224 e. The molecule has 2 aromatic rings. The molecular formula is C20H22FNO3. The van der Waals surface area contributed by atoms with Crippen molar-refractivity contribution in [3.63, 3.8) is 0 Å². The van der Waals surface area contributed by atoms with Crippen molar-refractivity contribution >= 4 is 5.91 Å². The van der Waals surface area contributed by atoms with E-state index >= 15 is 0 Å². The Hall–Kier alpha value is -2.56. The van der Waals surface area contributed by atoms with Crippen molar-refractivity contribution in [1.29, 1.82) is 0 Å². The van der Waals surface area contributed by atoms with Crippen LogP contribution in [-0.4, -0.2) is 20.1 Å². The Morgan fingerprint density at radius 3 is 2.52 bits per heavy atom. The lowest BCUT2D eigenvalue weighted by Crippen LogP contribution is -2.28. The Bertz CT molecular complexity index is 760. The van der Waals surface area contributed by atoms with Gasteiger partial charge in [-0.25, -0.2) is 4.39 Å². The molecular weight excluding hydrogens is 321 g/mol. The van der Waals surface area contributed by atoms with E-state index in [1.807, 2.05) is 19.1 Å². The number of hydrogen-bond acceptors (Lipinski definition) is 3. The molecule has 0 spiro atoms. The lowest BCUT2D eigenvalue weighted by atomic mass is 10.1. The lowest BCUT2D eigenvalue weighted by Gasteiger charge is -2.18. The molecule has 1 N–H and O–H groups in total. The Morgan fingerprint density at radius 2 is 1.88 bits per heavy atom. The summed E-state index contributed by atoms with van der Waals surface area (Å²) in [6.07, 6.45) is 0.796. The average Bonchev–Trinajstić information content (AvgIpc) is 3.42. The molecule has 0 saturated heterocycles. The van der Waals surface area contributed by atoms with E-state index in [9.17, 15) is 9.18 Å². The fourth-order valence-electron chi connectivity index (χ4n) is 3.14. The largest absolute Gasteiger partial charge is 0.497 e. The molecule has 0 radical (unpaired) electrons. The molecule has 1 saturated carbocycles. The van der Waals surface area contributed by atoms with Crippen LogP contribution in [0.15, 0.2) is 42.5 Å². The summed E-state index contributed by atoms with van der Waals surface area (Å²) in [4.78, 5) is 12.5. The maximum Gasteiger partial charge on any atom is 0.224 e. The Kier molecular flexibility index (Phi) is 4.93. The molecule has 0 heterocycles. The van der Waals surface area contributed by atoms with E-state index in [1.165, 1.54) is 12.1 Å². The minimum Gasteiger partial charge on any atom is -0.497 e. The van der Waals surface area contributed by atoms with Crippen LogP contribution in [0, 0.1) is 11.7 Å². The summed E-state index contributed by atoms with van der Waals surface area (Å²) in [6, 6.07) is 11.7. The van der Waals surface area contributed by atoms with Gasteiger partial charge in [0.15, 0.2) is 0 Å². The highest BCUT2D eigenvalue weighted by Crippen LogP contribution is 2.47. The SMILES string of the molecule is COc1ccc(C(C)NC(=O)C2CC2c2ccc(F)cc2)c(OC)c1. The lowest BCUT2D eigenvalue weighted by molar-refractivity contribution is -0.123. The van der Waals surface area contributed by atoms with Crippen LogP contribution in [0.4, 0.5) is 4.39 Å².